The fourth-order valence-corrected chi connectivity index (χ4v) is 2.34. The maximum Gasteiger partial charge on any atom is 0.266 e. The van der Waals surface area contributed by atoms with Crippen molar-refractivity contribution in [1.29, 1.82) is 5.26 Å². The zero-order valence-corrected chi connectivity index (χ0v) is 16.0. The number of carbonyl (C=O) groups excluding carboxylic acids is 1. The Morgan fingerprint density at radius 1 is 1.14 bits per heavy atom. The third-order valence-electron chi connectivity index (χ3n) is 3.71. The highest BCUT2D eigenvalue weighted by atomic mass is 19.1. The summed E-state index contributed by atoms with van der Waals surface area (Å²) >= 11 is 0. The van der Waals surface area contributed by atoms with Crippen molar-refractivity contribution < 1.29 is 18.7 Å². The van der Waals surface area contributed by atoms with E-state index in [1.807, 2.05) is 19.9 Å². The van der Waals surface area contributed by atoms with E-state index in [0.717, 1.165) is 12.8 Å². The molecule has 146 valence electrons. The van der Waals surface area contributed by atoms with Gasteiger partial charge in [-0.2, -0.15) is 5.26 Å². The molecular weight excluding hydrogens is 359 g/mol. The zero-order chi connectivity index (χ0) is 20.4. The largest absolute Gasteiger partial charge is 0.493 e. The minimum atomic E-state index is -0.694. The Bertz CT molecular complexity index is 888. The number of para-hydroxylation sites is 1. The van der Waals surface area contributed by atoms with Crippen LogP contribution in [0.5, 0.6) is 11.5 Å². The summed E-state index contributed by atoms with van der Waals surface area (Å²) in [6, 6.07) is 12.9. The SMILES string of the molecule is CCCOc1ccc(C=C(C#N)C(=O)Nc2ccccc2F)c(OCCC)c1. The predicted molar refractivity (Wildman–Crippen MR) is 107 cm³/mol. The second kappa shape index (κ2) is 10.7. The van der Waals surface area contributed by atoms with Gasteiger partial charge in [0, 0.05) is 11.6 Å². The van der Waals surface area contributed by atoms with Gasteiger partial charge in [-0.15, -0.1) is 0 Å². The summed E-state index contributed by atoms with van der Waals surface area (Å²) in [7, 11) is 0. The molecule has 0 aliphatic carbocycles. The number of halogens is 1. The number of benzene rings is 2. The van der Waals surface area contributed by atoms with E-state index >= 15 is 0 Å². The number of hydrogen-bond acceptors (Lipinski definition) is 4. The molecule has 6 heteroatoms. The molecule has 0 saturated carbocycles. The van der Waals surface area contributed by atoms with E-state index in [4.69, 9.17) is 9.47 Å². The first-order chi connectivity index (χ1) is 13.6. The second-order valence-corrected chi connectivity index (χ2v) is 6.00. The van der Waals surface area contributed by atoms with Crippen molar-refractivity contribution >= 4 is 17.7 Å². The van der Waals surface area contributed by atoms with E-state index in [9.17, 15) is 14.4 Å². The number of nitrogens with zero attached hydrogens (tertiary/aromatic N) is 1. The molecule has 0 fully saturated rings. The van der Waals surface area contributed by atoms with Crippen LogP contribution in [-0.2, 0) is 4.79 Å². The first kappa shape index (κ1) is 21.0. The summed E-state index contributed by atoms with van der Waals surface area (Å²) in [5, 5.41) is 11.8. The first-order valence-corrected chi connectivity index (χ1v) is 9.16. The molecule has 28 heavy (non-hydrogen) atoms. The van der Waals surface area contributed by atoms with Crippen LogP contribution in [-0.4, -0.2) is 19.1 Å². The molecule has 0 heterocycles. The van der Waals surface area contributed by atoms with Crippen molar-refractivity contribution in [3.63, 3.8) is 0 Å². The lowest BCUT2D eigenvalue weighted by Crippen LogP contribution is -2.14. The monoisotopic (exact) mass is 382 g/mol. The van der Waals surface area contributed by atoms with Gasteiger partial charge in [-0.1, -0.05) is 26.0 Å². The van der Waals surface area contributed by atoms with Crippen LogP contribution < -0.4 is 14.8 Å². The van der Waals surface area contributed by atoms with E-state index < -0.39 is 11.7 Å². The lowest BCUT2D eigenvalue weighted by molar-refractivity contribution is -0.112. The van der Waals surface area contributed by atoms with Gasteiger partial charge in [0.1, 0.15) is 29.0 Å². The molecule has 0 unspecified atom stereocenters. The van der Waals surface area contributed by atoms with Gasteiger partial charge in [0.15, 0.2) is 0 Å². The average molecular weight is 382 g/mol. The van der Waals surface area contributed by atoms with Crippen molar-refractivity contribution in [2.75, 3.05) is 18.5 Å². The van der Waals surface area contributed by atoms with Crippen LogP contribution in [0.4, 0.5) is 10.1 Å². The highest BCUT2D eigenvalue weighted by molar-refractivity contribution is 6.09. The van der Waals surface area contributed by atoms with E-state index in [1.165, 1.54) is 24.3 Å². The van der Waals surface area contributed by atoms with Crippen molar-refractivity contribution in [2.45, 2.75) is 26.7 Å². The van der Waals surface area contributed by atoms with Crippen LogP contribution in [0, 0.1) is 17.1 Å². The molecule has 5 nitrogen and oxygen atoms in total. The molecule has 2 aromatic rings. The van der Waals surface area contributed by atoms with Crippen molar-refractivity contribution in [2.24, 2.45) is 0 Å². The van der Waals surface area contributed by atoms with E-state index in [-0.39, 0.29) is 11.3 Å². The van der Waals surface area contributed by atoms with E-state index in [0.29, 0.717) is 30.3 Å². The van der Waals surface area contributed by atoms with Gasteiger partial charge in [-0.3, -0.25) is 4.79 Å². The van der Waals surface area contributed by atoms with Crippen LogP contribution in [0.25, 0.3) is 6.08 Å². The molecular formula is C22H23FN2O3. The summed E-state index contributed by atoms with van der Waals surface area (Å²) in [5.74, 6) is -0.0980. The van der Waals surface area contributed by atoms with Gasteiger partial charge >= 0.3 is 0 Å². The fourth-order valence-electron chi connectivity index (χ4n) is 2.34. The molecule has 2 aromatic carbocycles. The lowest BCUT2D eigenvalue weighted by atomic mass is 10.1. The molecule has 2 rings (SSSR count). The Hall–Kier alpha value is -3.33. The van der Waals surface area contributed by atoms with Crippen molar-refractivity contribution in [3.05, 3.63) is 59.4 Å². The molecule has 0 atom stereocenters. The Morgan fingerprint density at radius 2 is 1.86 bits per heavy atom. The van der Waals surface area contributed by atoms with Crippen LogP contribution in [0.2, 0.25) is 0 Å². The van der Waals surface area contributed by atoms with Crippen molar-refractivity contribution in [3.8, 4) is 17.6 Å². The summed E-state index contributed by atoms with van der Waals surface area (Å²) in [4.78, 5) is 12.4. The number of amides is 1. The van der Waals surface area contributed by atoms with E-state index in [1.54, 1.807) is 24.3 Å². The first-order valence-electron chi connectivity index (χ1n) is 9.16. The van der Waals surface area contributed by atoms with Gasteiger partial charge in [-0.25, -0.2) is 4.39 Å². The van der Waals surface area contributed by atoms with Crippen LogP contribution >= 0.6 is 0 Å². The van der Waals surface area contributed by atoms with Gasteiger partial charge in [0.25, 0.3) is 5.91 Å². The maximum absolute atomic E-state index is 13.7. The minimum Gasteiger partial charge on any atom is -0.493 e. The number of carbonyl (C=O) groups is 1. The van der Waals surface area contributed by atoms with Crippen LogP contribution in [0.15, 0.2) is 48.0 Å². The normalized spacial score (nSPS) is 10.9. The third-order valence-corrected chi connectivity index (χ3v) is 3.71. The van der Waals surface area contributed by atoms with Gasteiger partial charge in [-0.05, 0) is 43.2 Å². The molecule has 0 radical (unpaired) electrons. The van der Waals surface area contributed by atoms with Crippen LogP contribution in [0.1, 0.15) is 32.3 Å². The molecule has 1 amide bonds. The molecule has 0 saturated heterocycles. The number of nitrogens with one attached hydrogen (secondary N) is 1. The summed E-state index contributed by atoms with van der Waals surface area (Å²) in [6.07, 6.45) is 3.11. The highest BCUT2D eigenvalue weighted by Crippen LogP contribution is 2.28. The smallest absolute Gasteiger partial charge is 0.266 e. The number of rotatable bonds is 9. The molecule has 0 aromatic heterocycles. The lowest BCUT2D eigenvalue weighted by Gasteiger charge is -2.12. The van der Waals surface area contributed by atoms with Gasteiger partial charge in [0.05, 0.1) is 18.9 Å². The highest BCUT2D eigenvalue weighted by Gasteiger charge is 2.14. The molecule has 0 aliphatic rings. The standard InChI is InChI=1S/C22H23FN2O3/c1-3-11-27-18-10-9-16(21(14-18)28-12-4-2)13-17(15-24)22(26)25-20-8-6-5-7-19(20)23/h5-10,13-14H,3-4,11-12H2,1-2H3,(H,25,26). The topological polar surface area (TPSA) is 71.3 Å². The van der Waals surface area contributed by atoms with Gasteiger partial charge in [0.2, 0.25) is 0 Å². The average Bonchev–Trinajstić information content (AvgIpc) is 2.71. The molecule has 0 spiro atoms. The van der Waals surface area contributed by atoms with Crippen molar-refractivity contribution in [1.82, 2.24) is 0 Å². The van der Waals surface area contributed by atoms with E-state index in [2.05, 4.69) is 5.32 Å². The number of hydrogen-bond donors (Lipinski definition) is 1. The Morgan fingerprint density at radius 3 is 2.54 bits per heavy atom. The van der Waals surface area contributed by atoms with Crippen LogP contribution in [0.3, 0.4) is 0 Å². The Kier molecular flexibility index (Phi) is 8.04. The molecule has 0 bridgehead atoms. The minimum absolute atomic E-state index is 0.0134. The molecule has 0 aliphatic heterocycles. The number of ether oxygens (including phenoxy) is 2. The quantitative estimate of drug-likeness (QED) is 0.492. The number of anilines is 1. The fraction of sp³-hybridized carbons (Fsp3) is 0.273. The summed E-state index contributed by atoms with van der Waals surface area (Å²) in [6.45, 7) is 5.06. The molecule has 1 N–H and O–H groups in total. The zero-order valence-electron chi connectivity index (χ0n) is 16.0. The van der Waals surface area contributed by atoms with Gasteiger partial charge < -0.3 is 14.8 Å². The summed E-state index contributed by atoms with van der Waals surface area (Å²) in [5.41, 5.74) is 0.420. The number of nitriles is 1. The maximum atomic E-state index is 13.7. The second-order valence-electron chi connectivity index (χ2n) is 6.00. The predicted octanol–water partition coefficient (Wildman–Crippen LogP) is 4.95. The third kappa shape index (κ3) is 5.85. The summed E-state index contributed by atoms with van der Waals surface area (Å²) < 4.78 is 25.1. The Labute approximate surface area is 164 Å². The Balaban J connectivity index is 2.29.